The van der Waals surface area contributed by atoms with Crippen molar-refractivity contribution in [2.24, 2.45) is 0 Å². The molecule has 2 aromatic rings. The minimum atomic E-state index is -0.0101. The Labute approximate surface area is 161 Å². The Hall–Kier alpha value is -2.05. The summed E-state index contributed by atoms with van der Waals surface area (Å²) in [4.78, 5) is 15.2. The number of nitrogens with one attached hydrogen (secondary N) is 1. The van der Waals surface area contributed by atoms with Gasteiger partial charge in [-0.2, -0.15) is 0 Å². The van der Waals surface area contributed by atoms with Gasteiger partial charge in [-0.1, -0.05) is 13.0 Å². The second-order valence-electron chi connectivity index (χ2n) is 6.87. The van der Waals surface area contributed by atoms with E-state index in [1.165, 1.54) is 0 Å². The average molecular weight is 373 g/mol. The van der Waals surface area contributed by atoms with Gasteiger partial charge in [0, 0.05) is 31.6 Å². The van der Waals surface area contributed by atoms with Crippen molar-refractivity contribution in [3.8, 4) is 5.75 Å². The van der Waals surface area contributed by atoms with Gasteiger partial charge in [0.05, 0.1) is 25.3 Å². The van der Waals surface area contributed by atoms with Crippen molar-refractivity contribution in [1.29, 1.82) is 0 Å². The number of hydrogen-bond acceptors (Lipinski definition) is 4. The van der Waals surface area contributed by atoms with Crippen molar-refractivity contribution in [3.63, 3.8) is 0 Å². The number of aryl methyl sites for hydroxylation is 1. The molecule has 0 spiro atoms. The summed E-state index contributed by atoms with van der Waals surface area (Å²) in [6.07, 6.45) is 1.92. The Kier molecular flexibility index (Phi) is 7.12. The monoisotopic (exact) mass is 373 g/mol. The third-order valence-electron chi connectivity index (χ3n) is 4.93. The summed E-state index contributed by atoms with van der Waals surface area (Å²) < 4.78 is 13.2. The summed E-state index contributed by atoms with van der Waals surface area (Å²) >= 11 is 0. The Morgan fingerprint density at radius 2 is 2.04 bits per heavy atom. The fraction of sp³-hybridized carbons (Fsp3) is 0.571. The molecule has 0 saturated carbocycles. The summed E-state index contributed by atoms with van der Waals surface area (Å²) in [5, 5.41) is 4.10. The molecule has 148 valence electrons. The molecule has 1 aromatic carbocycles. The van der Waals surface area contributed by atoms with E-state index in [9.17, 15) is 4.79 Å². The average Bonchev–Trinajstić information content (AvgIpc) is 3.06. The molecule has 6 nitrogen and oxygen atoms in total. The van der Waals surface area contributed by atoms with Gasteiger partial charge in [-0.3, -0.25) is 9.69 Å². The van der Waals surface area contributed by atoms with Crippen LogP contribution in [0.2, 0.25) is 0 Å². The van der Waals surface area contributed by atoms with Crippen molar-refractivity contribution < 1.29 is 14.3 Å². The molecule has 2 heterocycles. The first-order chi connectivity index (χ1) is 13.2. The summed E-state index contributed by atoms with van der Waals surface area (Å²) in [7, 11) is 0. The topological polar surface area (TPSA) is 55.7 Å². The lowest BCUT2D eigenvalue weighted by atomic mass is 10.2. The molecule has 0 radical (unpaired) electrons. The molecule has 0 atom stereocenters. The highest BCUT2D eigenvalue weighted by Crippen LogP contribution is 2.29. The SMILES string of the molecule is CCCn1c(C(=O)NCCCN2CCOCC2)cc2c(OCC)cccc21. The van der Waals surface area contributed by atoms with Gasteiger partial charge in [-0.15, -0.1) is 0 Å². The summed E-state index contributed by atoms with van der Waals surface area (Å²) in [6, 6.07) is 7.98. The molecule has 6 heteroatoms. The van der Waals surface area contributed by atoms with Crippen molar-refractivity contribution >= 4 is 16.8 Å². The number of ether oxygens (including phenoxy) is 2. The van der Waals surface area contributed by atoms with Crippen LogP contribution in [0.25, 0.3) is 10.9 Å². The first-order valence-corrected chi connectivity index (χ1v) is 10.1. The highest BCUT2D eigenvalue weighted by Gasteiger charge is 2.17. The number of fused-ring (bicyclic) bond motifs is 1. The molecule has 27 heavy (non-hydrogen) atoms. The van der Waals surface area contributed by atoms with E-state index >= 15 is 0 Å². The quantitative estimate of drug-likeness (QED) is 0.687. The minimum absolute atomic E-state index is 0.0101. The predicted octanol–water partition coefficient (Wildman–Crippen LogP) is 2.90. The molecule has 1 aliphatic rings. The van der Waals surface area contributed by atoms with Crippen LogP contribution in [0.5, 0.6) is 5.75 Å². The number of benzene rings is 1. The van der Waals surface area contributed by atoms with Crippen molar-refractivity contribution in [2.45, 2.75) is 33.2 Å². The van der Waals surface area contributed by atoms with Crippen LogP contribution < -0.4 is 10.1 Å². The van der Waals surface area contributed by atoms with Crippen LogP contribution in [-0.4, -0.2) is 61.4 Å². The number of morpholine rings is 1. The fourth-order valence-electron chi connectivity index (χ4n) is 3.61. The van der Waals surface area contributed by atoms with E-state index < -0.39 is 0 Å². The standard InChI is InChI=1S/C21H31N3O3/c1-3-10-24-18-7-5-8-20(27-4-2)17(18)16-19(24)21(25)22-9-6-11-23-12-14-26-15-13-23/h5,7-8,16H,3-4,6,9-15H2,1-2H3,(H,22,25). The van der Waals surface area contributed by atoms with Crippen molar-refractivity contribution in [2.75, 3.05) is 46.0 Å². The molecular weight excluding hydrogens is 342 g/mol. The van der Waals surface area contributed by atoms with Gasteiger partial charge < -0.3 is 19.4 Å². The van der Waals surface area contributed by atoms with E-state index in [0.29, 0.717) is 18.8 Å². The normalized spacial score (nSPS) is 15.2. The lowest BCUT2D eigenvalue weighted by molar-refractivity contribution is 0.0374. The van der Waals surface area contributed by atoms with Gasteiger partial charge in [-0.25, -0.2) is 0 Å². The molecule has 1 N–H and O–H groups in total. The van der Waals surface area contributed by atoms with Gasteiger partial charge in [-0.05, 0) is 44.5 Å². The lowest BCUT2D eigenvalue weighted by Crippen LogP contribution is -2.38. The van der Waals surface area contributed by atoms with E-state index in [0.717, 1.165) is 68.9 Å². The largest absolute Gasteiger partial charge is 0.493 e. The van der Waals surface area contributed by atoms with Crippen LogP contribution >= 0.6 is 0 Å². The highest BCUT2D eigenvalue weighted by molar-refractivity contribution is 6.00. The van der Waals surface area contributed by atoms with Gasteiger partial charge >= 0.3 is 0 Å². The number of carbonyl (C=O) groups is 1. The maximum atomic E-state index is 12.8. The van der Waals surface area contributed by atoms with Gasteiger partial charge in [0.2, 0.25) is 0 Å². The number of amides is 1. The smallest absolute Gasteiger partial charge is 0.267 e. The summed E-state index contributed by atoms with van der Waals surface area (Å²) in [5.41, 5.74) is 1.77. The second-order valence-corrected chi connectivity index (χ2v) is 6.87. The van der Waals surface area contributed by atoms with Crippen molar-refractivity contribution in [1.82, 2.24) is 14.8 Å². The Morgan fingerprint density at radius 1 is 1.22 bits per heavy atom. The third-order valence-corrected chi connectivity index (χ3v) is 4.93. The summed E-state index contributed by atoms with van der Waals surface area (Å²) in [5.74, 6) is 0.829. The van der Waals surface area contributed by atoms with E-state index in [1.807, 2.05) is 25.1 Å². The molecular formula is C21H31N3O3. The Balaban J connectivity index is 1.67. The maximum absolute atomic E-state index is 12.8. The highest BCUT2D eigenvalue weighted by atomic mass is 16.5. The number of nitrogens with zero attached hydrogens (tertiary/aromatic N) is 2. The number of rotatable bonds is 9. The molecule has 1 aliphatic heterocycles. The molecule has 1 fully saturated rings. The Bertz CT molecular complexity index is 750. The van der Waals surface area contributed by atoms with Crippen LogP contribution in [0.4, 0.5) is 0 Å². The Morgan fingerprint density at radius 3 is 2.78 bits per heavy atom. The molecule has 0 unspecified atom stereocenters. The molecule has 1 saturated heterocycles. The van der Waals surface area contributed by atoms with Gasteiger partial charge in [0.1, 0.15) is 11.4 Å². The summed E-state index contributed by atoms with van der Waals surface area (Å²) in [6.45, 7) is 10.8. The second kappa shape index (κ2) is 9.76. The molecule has 1 amide bonds. The van der Waals surface area contributed by atoms with Crippen molar-refractivity contribution in [3.05, 3.63) is 30.0 Å². The predicted molar refractivity (Wildman–Crippen MR) is 108 cm³/mol. The third kappa shape index (κ3) is 4.82. The first-order valence-electron chi connectivity index (χ1n) is 10.1. The number of aromatic nitrogens is 1. The molecule has 0 bridgehead atoms. The molecule has 0 aliphatic carbocycles. The fourth-order valence-corrected chi connectivity index (χ4v) is 3.61. The molecule has 1 aromatic heterocycles. The zero-order valence-corrected chi connectivity index (χ0v) is 16.5. The van der Waals surface area contributed by atoms with Crippen LogP contribution in [0.1, 0.15) is 37.2 Å². The van der Waals surface area contributed by atoms with E-state index in [1.54, 1.807) is 0 Å². The molecule has 3 rings (SSSR count). The van der Waals surface area contributed by atoms with Gasteiger partial charge in [0.15, 0.2) is 0 Å². The van der Waals surface area contributed by atoms with Crippen LogP contribution in [0.3, 0.4) is 0 Å². The van der Waals surface area contributed by atoms with E-state index in [-0.39, 0.29) is 5.91 Å². The lowest BCUT2D eigenvalue weighted by Gasteiger charge is -2.26. The number of hydrogen-bond donors (Lipinski definition) is 1. The van der Waals surface area contributed by atoms with E-state index in [4.69, 9.17) is 9.47 Å². The van der Waals surface area contributed by atoms with E-state index in [2.05, 4.69) is 27.8 Å². The zero-order chi connectivity index (χ0) is 19.1. The van der Waals surface area contributed by atoms with Gasteiger partial charge in [0.25, 0.3) is 5.91 Å². The maximum Gasteiger partial charge on any atom is 0.267 e. The zero-order valence-electron chi connectivity index (χ0n) is 16.5. The first kappa shape index (κ1) is 19.7. The van der Waals surface area contributed by atoms with Crippen LogP contribution in [0.15, 0.2) is 24.3 Å². The van der Waals surface area contributed by atoms with Crippen LogP contribution in [0, 0.1) is 0 Å². The van der Waals surface area contributed by atoms with Crippen LogP contribution in [-0.2, 0) is 11.3 Å². The number of carbonyl (C=O) groups excluding carboxylic acids is 1. The minimum Gasteiger partial charge on any atom is -0.493 e.